The van der Waals surface area contributed by atoms with E-state index in [1.807, 2.05) is 11.7 Å². The van der Waals surface area contributed by atoms with Gasteiger partial charge >= 0.3 is 0 Å². The summed E-state index contributed by atoms with van der Waals surface area (Å²) in [4.78, 5) is 2.58. The number of hydrogen-bond donors (Lipinski definition) is 0. The average Bonchev–Trinajstić information content (AvgIpc) is 3.08. The smallest absolute Gasteiger partial charge is 0.0671 e. The Bertz CT molecular complexity index is 594. The molecule has 1 aliphatic heterocycles. The fraction of sp³-hybridized carbons (Fsp3) is 0.471. The molecule has 1 fully saturated rings. The summed E-state index contributed by atoms with van der Waals surface area (Å²) in [6.07, 6.45) is 4.78. The van der Waals surface area contributed by atoms with Crippen molar-refractivity contribution < 1.29 is 0 Å². The van der Waals surface area contributed by atoms with E-state index in [9.17, 15) is 0 Å². The maximum atomic E-state index is 4.45. The van der Waals surface area contributed by atoms with E-state index in [0.29, 0.717) is 6.04 Å². The van der Waals surface area contributed by atoms with Gasteiger partial charge < -0.3 is 0 Å². The number of likely N-dealkylation sites (tertiary alicyclic amines) is 1. The van der Waals surface area contributed by atoms with Crippen LogP contribution >= 0.6 is 0 Å². The first kappa shape index (κ1) is 13.4. The summed E-state index contributed by atoms with van der Waals surface area (Å²) >= 11 is 0. The van der Waals surface area contributed by atoms with Gasteiger partial charge in [0.15, 0.2) is 0 Å². The van der Waals surface area contributed by atoms with Crippen LogP contribution in [0.5, 0.6) is 0 Å². The Kier molecular flexibility index (Phi) is 3.62. The van der Waals surface area contributed by atoms with Crippen LogP contribution in [0.15, 0.2) is 30.5 Å². The summed E-state index contributed by atoms with van der Waals surface area (Å²) in [6, 6.07) is 9.44. The molecular weight excluding hydrogens is 246 g/mol. The first-order valence-corrected chi connectivity index (χ1v) is 7.50. The molecule has 1 aromatic heterocycles. The third-order valence-corrected chi connectivity index (χ3v) is 4.38. The third-order valence-electron chi connectivity index (χ3n) is 4.38. The molecule has 1 saturated heterocycles. The molecule has 0 spiro atoms. The zero-order valence-electron chi connectivity index (χ0n) is 12.6. The zero-order chi connectivity index (χ0) is 14.1. The first-order chi connectivity index (χ1) is 9.65. The molecule has 2 heterocycles. The molecule has 0 bridgehead atoms. The van der Waals surface area contributed by atoms with E-state index in [4.69, 9.17) is 0 Å². The minimum atomic E-state index is 0.509. The van der Waals surface area contributed by atoms with Crippen molar-refractivity contribution in [2.24, 2.45) is 7.05 Å². The minimum Gasteiger partial charge on any atom is -0.297 e. The van der Waals surface area contributed by atoms with Gasteiger partial charge in [0.2, 0.25) is 0 Å². The monoisotopic (exact) mass is 269 g/mol. The topological polar surface area (TPSA) is 21.1 Å². The number of rotatable bonds is 3. The molecule has 3 rings (SSSR count). The van der Waals surface area contributed by atoms with E-state index in [1.54, 1.807) is 0 Å². The average molecular weight is 269 g/mol. The lowest BCUT2D eigenvalue weighted by Crippen LogP contribution is -2.23. The fourth-order valence-corrected chi connectivity index (χ4v) is 3.19. The lowest BCUT2D eigenvalue weighted by molar-refractivity contribution is 0.263. The van der Waals surface area contributed by atoms with E-state index >= 15 is 0 Å². The van der Waals surface area contributed by atoms with Crippen molar-refractivity contribution >= 4 is 0 Å². The van der Waals surface area contributed by atoms with E-state index in [-0.39, 0.29) is 0 Å². The molecule has 1 unspecified atom stereocenters. The van der Waals surface area contributed by atoms with Crippen molar-refractivity contribution in [3.63, 3.8) is 0 Å². The molecule has 0 saturated carbocycles. The van der Waals surface area contributed by atoms with Crippen LogP contribution in [-0.4, -0.2) is 27.8 Å². The van der Waals surface area contributed by atoms with Crippen LogP contribution in [0.3, 0.4) is 0 Å². The molecule has 20 heavy (non-hydrogen) atoms. The first-order valence-electron chi connectivity index (χ1n) is 7.50. The highest BCUT2D eigenvalue weighted by Crippen LogP contribution is 2.29. The molecule has 1 aliphatic rings. The van der Waals surface area contributed by atoms with Gasteiger partial charge in [-0.1, -0.05) is 18.2 Å². The van der Waals surface area contributed by atoms with E-state index in [1.165, 1.54) is 42.6 Å². The van der Waals surface area contributed by atoms with Gasteiger partial charge in [-0.3, -0.25) is 9.58 Å². The molecule has 0 radical (unpaired) electrons. The number of nitrogens with zero attached hydrogens (tertiary/aromatic N) is 3. The maximum Gasteiger partial charge on any atom is 0.0671 e. The Hall–Kier alpha value is -1.61. The largest absolute Gasteiger partial charge is 0.297 e. The van der Waals surface area contributed by atoms with E-state index in [0.717, 1.165) is 5.69 Å². The lowest BCUT2D eigenvalue weighted by atomic mass is 10.00. The van der Waals surface area contributed by atoms with Crippen molar-refractivity contribution in [3.05, 3.63) is 41.7 Å². The molecule has 3 heteroatoms. The van der Waals surface area contributed by atoms with Gasteiger partial charge in [-0.15, -0.1) is 0 Å². The highest BCUT2D eigenvalue weighted by Gasteiger charge is 2.19. The van der Waals surface area contributed by atoms with Crippen LogP contribution in [0.1, 0.15) is 37.1 Å². The number of benzene rings is 1. The molecule has 1 aromatic carbocycles. The van der Waals surface area contributed by atoms with Crippen molar-refractivity contribution in [3.8, 4) is 11.1 Å². The van der Waals surface area contributed by atoms with Crippen molar-refractivity contribution in [2.45, 2.75) is 32.7 Å². The lowest BCUT2D eigenvalue weighted by Gasteiger charge is -2.24. The van der Waals surface area contributed by atoms with Crippen LogP contribution in [-0.2, 0) is 7.05 Å². The molecule has 0 N–H and O–H groups in total. The summed E-state index contributed by atoms with van der Waals surface area (Å²) in [5.74, 6) is 0. The normalized spacial score (nSPS) is 17.6. The summed E-state index contributed by atoms with van der Waals surface area (Å²) in [6.45, 7) is 6.86. The second-order valence-corrected chi connectivity index (χ2v) is 5.85. The molecular formula is C17H23N3. The molecule has 0 amide bonds. The highest BCUT2D eigenvalue weighted by atomic mass is 15.2. The second-order valence-electron chi connectivity index (χ2n) is 5.85. The molecule has 1 atom stereocenters. The van der Waals surface area contributed by atoms with Crippen LogP contribution in [0.4, 0.5) is 0 Å². The molecule has 3 nitrogen and oxygen atoms in total. The quantitative estimate of drug-likeness (QED) is 0.849. The Morgan fingerprint density at radius 1 is 1.20 bits per heavy atom. The van der Waals surface area contributed by atoms with E-state index < -0.39 is 0 Å². The Morgan fingerprint density at radius 2 is 1.95 bits per heavy atom. The van der Waals surface area contributed by atoms with Crippen LogP contribution in [0.25, 0.3) is 11.1 Å². The zero-order valence-corrected chi connectivity index (χ0v) is 12.6. The maximum absolute atomic E-state index is 4.45. The highest BCUT2D eigenvalue weighted by molar-refractivity contribution is 5.65. The fourth-order valence-electron chi connectivity index (χ4n) is 3.19. The van der Waals surface area contributed by atoms with Gasteiger partial charge in [0.05, 0.1) is 5.69 Å². The molecule has 0 aliphatic carbocycles. The Morgan fingerprint density at radius 3 is 2.60 bits per heavy atom. The summed E-state index contributed by atoms with van der Waals surface area (Å²) in [5.41, 5.74) is 5.02. The van der Waals surface area contributed by atoms with Gasteiger partial charge in [-0.2, -0.15) is 5.10 Å². The molecule has 106 valence electrons. The summed E-state index contributed by atoms with van der Waals surface area (Å²) < 4.78 is 1.89. The Labute approximate surface area is 121 Å². The van der Waals surface area contributed by atoms with Crippen molar-refractivity contribution in [2.75, 3.05) is 13.1 Å². The van der Waals surface area contributed by atoms with Crippen molar-refractivity contribution in [1.82, 2.24) is 14.7 Å². The van der Waals surface area contributed by atoms with E-state index in [2.05, 4.69) is 54.3 Å². The second kappa shape index (κ2) is 5.41. The summed E-state index contributed by atoms with van der Waals surface area (Å²) in [7, 11) is 1.98. The Balaban J connectivity index is 1.91. The van der Waals surface area contributed by atoms with Crippen LogP contribution < -0.4 is 0 Å². The predicted molar refractivity (Wildman–Crippen MR) is 82.6 cm³/mol. The summed E-state index contributed by atoms with van der Waals surface area (Å²) in [5, 5.41) is 4.45. The van der Waals surface area contributed by atoms with Crippen LogP contribution in [0.2, 0.25) is 0 Å². The predicted octanol–water partition coefficient (Wildman–Crippen LogP) is 3.55. The standard InChI is InChI=1S/C17H23N3/c1-13-17(12-19(3)18-13)16-8-6-7-15(11-16)14(2)20-9-4-5-10-20/h6-8,11-12,14H,4-5,9-10H2,1-3H3. The third kappa shape index (κ3) is 2.50. The van der Waals surface area contributed by atoms with Gasteiger partial charge in [0.25, 0.3) is 0 Å². The van der Waals surface area contributed by atoms with Crippen LogP contribution in [0, 0.1) is 6.92 Å². The van der Waals surface area contributed by atoms with Gasteiger partial charge in [-0.25, -0.2) is 0 Å². The number of aromatic nitrogens is 2. The van der Waals surface area contributed by atoms with Gasteiger partial charge in [0, 0.05) is 24.8 Å². The van der Waals surface area contributed by atoms with Gasteiger partial charge in [-0.05, 0) is 57.0 Å². The minimum absolute atomic E-state index is 0.509. The molecule has 2 aromatic rings. The number of aryl methyl sites for hydroxylation is 2. The van der Waals surface area contributed by atoms with Gasteiger partial charge in [0.1, 0.15) is 0 Å². The SMILES string of the molecule is Cc1nn(C)cc1-c1cccc(C(C)N2CCCC2)c1. The van der Waals surface area contributed by atoms with Crippen molar-refractivity contribution in [1.29, 1.82) is 0 Å². The number of hydrogen-bond acceptors (Lipinski definition) is 2.